The minimum atomic E-state index is -4.37. The Balaban J connectivity index is 1.25. The molecule has 3 aromatic carbocycles. The van der Waals surface area contributed by atoms with Crippen LogP contribution in [-0.2, 0) is 24.1 Å². The number of alkyl halides is 3. The van der Waals surface area contributed by atoms with Crippen LogP contribution in [0.3, 0.4) is 0 Å². The molecule has 0 aromatic heterocycles. The van der Waals surface area contributed by atoms with Crippen LogP contribution in [-0.4, -0.2) is 60.5 Å². The third-order valence-electron chi connectivity index (χ3n) is 8.13. The van der Waals surface area contributed by atoms with Gasteiger partial charge in [-0.3, -0.25) is 9.69 Å². The van der Waals surface area contributed by atoms with Crippen molar-refractivity contribution in [2.24, 2.45) is 0 Å². The molecule has 2 saturated heterocycles. The lowest BCUT2D eigenvalue weighted by atomic mass is 10.0. The molecule has 5 nitrogen and oxygen atoms in total. The summed E-state index contributed by atoms with van der Waals surface area (Å²) in [5.41, 5.74) is 4.83. The Hall–Kier alpha value is -3.36. The third-order valence-corrected chi connectivity index (χ3v) is 8.13. The van der Waals surface area contributed by atoms with Gasteiger partial charge in [0.2, 0.25) is 5.91 Å². The number of nitrogens with zero attached hydrogens (tertiary/aromatic N) is 3. The standard InChI is InChI=1S/C32H37F3N4O/c1-23-11-12-24(2)26(17-23)20-36-28-19-30(39(22-28)21-25-7-4-3-5-8-25)31(40)38-15-13-37(14-16-38)29-10-6-9-27(18-29)32(33,34)35/h3-12,17-18,28,30,36H,13-16,19-22H2,1-2H3/t28-,30+/m1/s1. The quantitative estimate of drug-likeness (QED) is 0.428. The second-order valence-corrected chi connectivity index (χ2v) is 11.0. The number of aryl methyl sites for hydroxylation is 2. The maximum Gasteiger partial charge on any atom is 0.416 e. The van der Waals surface area contributed by atoms with Crippen molar-refractivity contribution in [3.05, 3.63) is 101 Å². The first-order valence-corrected chi connectivity index (χ1v) is 14.0. The van der Waals surface area contributed by atoms with E-state index in [-0.39, 0.29) is 18.0 Å². The highest BCUT2D eigenvalue weighted by molar-refractivity contribution is 5.82. The van der Waals surface area contributed by atoms with Crippen molar-refractivity contribution in [2.75, 3.05) is 37.6 Å². The van der Waals surface area contributed by atoms with Crippen molar-refractivity contribution in [1.29, 1.82) is 0 Å². The van der Waals surface area contributed by atoms with E-state index in [1.807, 2.05) is 28.0 Å². The molecule has 212 valence electrons. The summed E-state index contributed by atoms with van der Waals surface area (Å²) in [7, 11) is 0. The van der Waals surface area contributed by atoms with Crippen LogP contribution in [0.25, 0.3) is 0 Å². The molecule has 2 aliphatic rings. The van der Waals surface area contributed by atoms with Crippen LogP contribution in [0.1, 0.15) is 34.2 Å². The van der Waals surface area contributed by atoms with E-state index in [9.17, 15) is 18.0 Å². The molecule has 0 spiro atoms. The highest BCUT2D eigenvalue weighted by atomic mass is 19.4. The van der Waals surface area contributed by atoms with Gasteiger partial charge in [-0.2, -0.15) is 13.2 Å². The lowest BCUT2D eigenvalue weighted by molar-refractivity contribution is -0.137. The second kappa shape index (κ2) is 12.0. The predicted molar refractivity (Wildman–Crippen MR) is 152 cm³/mol. The number of anilines is 1. The van der Waals surface area contributed by atoms with Gasteiger partial charge in [-0.05, 0) is 55.2 Å². The normalized spacial score (nSPS) is 20.2. The van der Waals surface area contributed by atoms with Crippen LogP contribution < -0.4 is 10.2 Å². The average molecular weight is 551 g/mol. The van der Waals surface area contributed by atoms with Crippen molar-refractivity contribution in [1.82, 2.24) is 15.1 Å². The maximum atomic E-state index is 13.8. The van der Waals surface area contributed by atoms with Crippen LogP contribution in [0.15, 0.2) is 72.8 Å². The zero-order valence-corrected chi connectivity index (χ0v) is 23.1. The Kier molecular flexibility index (Phi) is 8.47. The summed E-state index contributed by atoms with van der Waals surface area (Å²) in [6.07, 6.45) is -3.65. The van der Waals surface area contributed by atoms with Gasteiger partial charge in [-0.15, -0.1) is 0 Å². The number of carbonyl (C=O) groups excluding carboxylic acids is 1. The van der Waals surface area contributed by atoms with Gasteiger partial charge in [0.1, 0.15) is 0 Å². The highest BCUT2D eigenvalue weighted by Gasteiger charge is 2.39. The number of likely N-dealkylation sites (tertiary alicyclic amines) is 1. The summed E-state index contributed by atoms with van der Waals surface area (Å²) < 4.78 is 39.6. The Labute approximate surface area is 234 Å². The van der Waals surface area contributed by atoms with Gasteiger partial charge in [0, 0.05) is 57.5 Å². The molecule has 1 amide bonds. The van der Waals surface area contributed by atoms with E-state index in [2.05, 4.69) is 54.4 Å². The van der Waals surface area contributed by atoms with E-state index >= 15 is 0 Å². The van der Waals surface area contributed by atoms with Gasteiger partial charge in [0.05, 0.1) is 11.6 Å². The lowest BCUT2D eigenvalue weighted by Gasteiger charge is -2.38. The Bertz CT molecular complexity index is 1310. The molecule has 0 saturated carbocycles. The van der Waals surface area contributed by atoms with E-state index in [1.165, 1.54) is 34.4 Å². The number of carbonyl (C=O) groups is 1. The van der Waals surface area contributed by atoms with Gasteiger partial charge in [0.15, 0.2) is 0 Å². The summed E-state index contributed by atoms with van der Waals surface area (Å²) in [5.74, 6) is 0.107. The van der Waals surface area contributed by atoms with Crippen LogP contribution in [0.5, 0.6) is 0 Å². The minimum Gasteiger partial charge on any atom is -0.368 e. The van der Waals surface area contributed by atoms with E-state index in [0.717, 1.165) is 25.6 Å². The first-order chi connectivity index (χ1) is 19.2. The Morgan fingerprint density at radius 1 is 0.925 bits per heavy atom. The predicted octanol–water partition coefficient (Wildman–Crippen LogP) is 5.40. The number of piperazine rings is 1. The highest BCUT2D eigenvalue weighted by Crippen LogP contribution is 2.32. The number of hydrogen-bond acceptors (Lipinski definition) is 4. The average Bonchev–Trinajstić information content (AvgIpc) is 3.35. The van der Waals surface area contributed by atoms with Crippen molar-refractivity contribution in [3.8, 4) is 0 Å². The number of halogens is 3. The molecular formula is C32H37F3N4O. The van der Waals surface area contributed by atoms with Crippen LogP contribution in [0.4, 0.5) is 18.9 Å². The van der Waals surface area contributed by atoms with E-state index in [1.54, 1.807) is 6.07 Å². The fraction of sp³-hybridized carbons (Fsp3) is 0.406. The first-order valence-electron chi connectivity index (χ1n) is 14.0. The van der Waals surface area contributed by atoms with E-state index in [4.69, 9.17) is 0 Å². The zero-order valence-electron chi connectivity index (χ0n) is 23.1. The van der Waals surface area contributed by atoms with Gasteiger partial charge in [-0.25, -0.2) is 0 Å². The zero-order chi connectivity index (χ0) is 28.3. The largest absolute Gasteiger partial charge is 0.416 e. The molecule has 40 heavy (non-hydrogen) atoms. The van der Waals surface area contributed by atoms with Gasteiger partial charge in [0.25, 0.3) is 0 Å². The van der Waals surface area contributed by atoms with Crippen LogP contribution in [0.2, 0.25) is 0 Å². The molecule has 2 aliphatic heterocycles. The summed E-state index contributed by atoms with van der Waals surface area (Å²) in [6, 6.07) is 22.1. The van der Waals surface area contributed by atoms with E-state index in [0.29, 0.717) is 38.4 Å². The van der Waals surface area contributed by atoms with Gasteiger partial charge >= 0.3 is 6.18 Å². The fourth-order valence-corrected chi connectivity index (χ4v) is 5.82. The number of nitrogens with one attached hydrogen (secondary N) is 1. The lowest BCUT2D eigenvalue weighted by Crippen LogP contribution is -2.53. The first kappa shape index (κ1) is 28.2. The molecule has 1 N–H and O–H groups in total. The number of hydrogen-bond donors (Lipinski definition) is 1. The molecule has 5 rings (SSSR count). The summed E-state index contributed by atoms with van der Waals surface area (Å²) >= 11 is 0. The van der Waals surface area contributed by atoms with Crippen LogP contribution >= 0.6 is 0 Å². The monoisotopic (exact) mass is 550 g/mol. The molecule has 8 heteroatoms. The van der Waals surface area contributed by atoms with Gasteiger partial charge < -0.3 is 15.1 Å². The molecule has 0 aliphatic carbocycles. The molecule has 2 fully saturated rings. The SMILES string of the molecule is Cc1ccc(C)c(CN[C@@H]2C[C@@H](C(=O)N3CCN(c4cccc(C(F)(F)F)c4)CC3)N(Cc3ccccc3)C2)c1. The van der Waals surface area contributed by atoms with Crippen LogP contribution in [0, 0.1) is 13.8 Å². The topological polar surface area (TPSA) is 38.8 Å². The second-order valence-electron chi connectivity index (χ2n) is 11.0. The minimum absolute atomic E-state index is 0.107. The molecular weight excluding hydrogens is 513 g/mol. The Morgan fingerprint density at radius 2 is 1.68 bits per heavy atom. The Morgan fingerprint density at radius 3 is 2.40 bits per heavy atom. The summed E-state index contributed by atoms with van der Waals surface area (Å²) in [6.45, 7) is 8.45. The molecule has 0 unspecified atom stereocenters. The molecule has 3 aromatic rings. The fourth-order valence-electron chi connectivity index (χ4n) is 5.82. The van der Waals surface area contributed by atoms with Crippen molar-refractivity contribution in [2.45, 2.75) is 51.6 Å². The number of benzene rings is 3. The molecule has 2 heterocycles. The van der Waals surface area contributed by atoms with Crippen molar-refractivity contribution in [3.63, 3.8) is 0 Å². The maximum absolute atomic E-state index is 13.8. The molecule has 0 radical (unpaired) electrons. The number of rotatable bonds is 7. The van der Waals surface area contributed by atoms with Crippen molar-refractivity contribution >= 4 is 11.6 Å². The summed E-state index contributed by atoms with van der Waals surface area (Å²) in [4.78, 5) is 19.9. The van der Waals surface area contributed by atoms with Gasteiger partial charge in [-0.1, -0.05) is 60.2 Å². The smallest absolute Gasteiger partial charge is 0.368 e. The summed E-state index contributed by atoms with van der Waals surface area (Å²) in [5, 5.41) is 3.70. The third kappa shape index (κ3) is 6.67. The van der Waals surface area contributed by atoms with Crippen molar-refractivity contribution < 1.29 is 18.0 Å². The molecule has 0 bridgehead atoms. The van der Waals surface area contributed by atoms with E-state index < -0.39 is 11.7 Å². The number of amides is 1. The molecule has 2 atom stereocenters.